The van der Waals surface area contributed by atoms with Gasteiger partial charge in [0, 0.05) is 10.9 Å². The van der Waals surface area contributed by atoms with Gasteiger partial charge in [0.1, 0.15) is 18.1 Å². The Balaban J connectivity index is 1.49. The Labute approximate surface area is 167 Å². The molecule has 0 saturated carbocycles. The van der Waals surface area contributed by atoms with Gasteiger partial charge in [-0.05, 0) is 55.8 Å². The van der Waals surface area contributed by atoms with Gasteiger partial charge in [0.2, 0.25) is 0 Å². The summed E-state index contributed by atoms with van der Waals surface area (Å²) in [5.74, 6) is 1.30. The first-order valence-electron chi connectivity index (χ1n) is 8.84. The fourth-order valence-corrected chi connectivity index (χ4v) is 2.94. The standard InChI is InChI=1S/C21H21N3O3S/c1-3-26-19-8-10-20(11-9-19)27-13-16-4-6-17(7-5-16)21(25)24-22-12-18-14-28-15(2)23-18/h4-12,14H,3,13H2,1-2H3,(H,24,25)/b22-12-. The number of aryl methyl sites for hydroxylation is 1. The van der Waals surface area contributed by atoms with Crippen LogP contribution >= 0.6 is 11.3 Å². The monoisotopic (exact) mass is 395 g/mol. The molecule has 0 fully saturated rings. The van der Waals surface area contributed by atoms with Crippen molar-refractivity contribution in [2.75, 3.05) is 6.61 Å². The smallest absolute Gasteiger partial charge is 0.271 e. The second-order valence-corrected chi connectivity index (χ2v) is 6.94. The Morgan fingerprint density at radius 3 is 2.39 bits per heavy atom. The van der Waals surface area contributed by atoms with E-state index in [0.29, 0.717) is 18.8 Å². The minimum absolute atomic E-state index is 0.276. The van der Waals surface area contributed by atoms with Gasteiger partial charge < -0.3 is 9.47 Å². The molecule has 3 aromatic rings. The summed E-state index contributed by atoms with van der Waals surface area (Å²) in [6.07, 6.45) is 1.53. The van der Waals surface area contributed by atoms with Crippen molar-refractivity contribution in [3.63, 3.8) is 0 Å². The number of thiazole rings is 1. The molecule has 1 amide bonds. The molecule has 1 heterocycles. The summed E-state index contributed by atoms with van der Waals surface area (Å²) in [7, 11) is 0. The predicted molar refractivity (Wildman–Crippen MR) is 110 cm³/mol. The van der Waals surface area contributed by atoms with Crippen LogP contribution in [0, 0.1) is 6.92 Å². The van der Waals surface area contributed by atoms with E-state index in [0.717, 1.165) is 27.8 Å². The molecule has 0 unspecified atom stereocenters. The number of aromatic nitrogens is 1. The Morgan fingerprint density at radius 2 is 1.79 bits per heavy atom. The molecule has 0 aliphatic heterocycles. The van der Waals surface area contributed by atoms with Crippen LogP contribution in [0.25, 0.3) is 0 Å². The van der Waals surface area contributed by atoms with Gasteiger partial charge in [-0.15, -0.1) is 11.3 Å². The van der Waals surface area contributed by atoms with Crippen LogP contribution in [-0.2, 0) is 6.61 Å². The van der Waals surface area contributed by atoms with Crippen LogP contribution in [0.3, 0.4) is 0 Å². The number of hydrogen-bond acceptors (Lipinski definition) is 6. The average Bonchev–Trinajstić information content (AvgIpc) is 3.13. The van der Waals surface area contributed by atoms with E-state index in [4.69, 9.17) is 9.47 Å². The number of nitrogens with one attached hydrogen (secondary N) is 1. The first-order chi connectivity index (χ1) is 13.6. The van der Waals surface area contributed by atoms with E-state index in [-0.39, 0.29) is 5.91 Å². The van der Waals surface area contributed by atoms with Crippen LogP contribution in [0.2, 0.25) is 0 Å². The second kappa shape index (κ2) is 9.66. The van der Waals surface area contributed by atoms with E-state index in [1.807, 2.05) is 55.6 Å². The number of nitrogens with zero attached hydrogens (tertiary/aromatic N) is 2. The molecule has 1 N–H and O–H groups in total. The zero-order valence-electron chi connectivity index (χ0n) is 15.7. The lowest BCUT2D eigenvalue weighted by molar-refractivity contribution is 0.0955. The van der Waals surface area contributed by atoms with Crippen molar-refractivity contribution in [2.45, 2.75) is 20.5 Å². The minimum atomic E-state index is -0.276. The van der Waals surface area contributed by atoms with E-state index in [2.05, 4.69) is 15.5 Å². The lowest BCUT2D eigenvalue weighted by atomic mass is 10.1. The largest absolute Gasteiger partial charge is 0.494 e. The Bertz CT molecular complexity index is 934. The van der Waals surface area contributed by atoms with Crippen LogP contribution in [0.1, 0.15) is 33.5 Å². The molecule has 6 nitrogen and oxygen atoms in total. The lowest BCUT2D eigenvalue weighted by Gasteiger charge is -2.08. The molecule has 0 atom stereocenters. The number of hydrogen-bond donors (Lipinski definition) is 1. The number of amides is 1. The minimum Gasteiger partial charge on any atom is -0.494 e. The van der Waals surface area contributed by atoms with Gasteiger partial charge >= 0.3 is 0 Å². The van der Waals surface area contributed by atoms with E-state index >= 15 is 0 Å². The quantitative estimate of drug-likeness (QED) is 0.458. The van der Waals surface area contributed by atoms with Crippen LogP contribution in [0.5, 0.6) is 11.5 Å². The number of rotatable bonds is 8. The van der Waals surface area contributed by atoms with Crippen molar-refractivity contribution in [1.82, 2.24) is 10.4 Å². The molecule has 1 aromatic heterocycles. The topological polar surface area (TPSA) is 72.8 Å². The fourth-order valence-electron chi connectivity index (χ4n) is 2.38. The number of carbonyl (C=O) groups excluding carboxylic acids is 1. The van der Waals surface area contributed by atoms with Crippen molar-refractivity contribution < 1.29 is 14.3 Å². The normalized spacial score (nSPS) is 10.8. The zero-order chi connectivity index (χ0) is 19.8. The highest BCUT2D eigenvalue weighted by molar-refractivity contribution is 7.09. The molecule has 144 valence electrons. The van der Waals surface area contributed by atoms with Gasteiger partial charge in [-0.25, -0.2) is 10.4 Å². The highest BCUT2D eigenvalue weighted by Crippen LogP contribution is 2.18. The van der Waals surface area contributed by atoms with E-state index in [1.54, 1.807) is 12.1 Å². The average molecular weight is 395 g/mol. The van der Waals surface area contributed by atoms with E-state index in [1.165, 1.54) is 17.6 Å². The fraction of sp³-hybridized carbons (Fsp3) is 0.190. The zero-order valence-corrected chi connectivity index (χ0v) is 16.5. The maximum Gasteiger partial charge on any atom is 0.271 e. The first-order valence-corrected chi connectivity index (χ1v) is 9.72. The third-order valence-corrected chi connectivity index (χ3v) is 4.55. The summed E-state index contributed by atoms with van der Waals surface area (Å²) in [5, 5.41) is 6.77. The molecule has 0 spiro atoms. The lowest BCUT2D eigenvalue weighted by Crippen LogP contribution is -2.17. The number of carbonyl (C=O) groups is 1. The molecule has 3 rings (SSSR count). The predicted octanol–water partition coefficient (Wildman–Crippen LogP) is 4.19. The van der Waals surface area contributed by atoms with Crippen LogP contribution < -0.4 is 14.9 Å². The molecule has 0 bridgehead atoms. The molecule has 28 heavy (non-hydrogen) atoms. The molecule has 0 saturated heterocycles. The maximum atomic E-state index is 12.1. The van der Waals surface area contributed by atoms with Crippen molar-refractivity contribution in [1.29, 1.82) is 0 Å². The maximum absolute atomic E-state index is 12.1. The molecule has 2 aromatic carbocycles. The second-order valence-electron chi connectivity index (χ2n) is 5.88. The van der Waals surface area contributed by atoms with Gasteiger partial charge in [0.05, 0.1) is 23.5 Å². The van der Waals surface area contributed by atoms with Crippen molar-refractivity contribution in [2.24, 2.45) is 5.10 Å². The third kappa shape index (κ3) is 5.65. The summed E-state index contributed by atoms with van der Waals surface area (Å²) in [5.41, 5.74) is 4.72. The van der Waals surface area contributed by atoms with Crippen LogP contribution in [-0.4, -0.2) is 23.7 Å². The summed E-state index contributed by atoms with van der Waals surface area (Å²) in [6.45, 7) is 4.91. The highest BCUT2D eigenvalue weighted by Gasteiger charge is 2.05. The van der Waals surface area contributed by atoms with Gasteiger partial charge in [0.25, 0.3) is 5.91 Å². The Kier molecular flexibility index (Phi) is 6.75. The van der Waals surface area contributed by atoms with Gasteiger partial charge in [-0.2, -0.15) is 5.10 Å². The Hall–Kier alpha value is -3.19. The highest BCUT2D eigenvalue weighted by atomic mass is 32.1. The van der Waals surface area contributed by atoms with Crippen molar-refractivity contribution in [3.8, 4) is 11.5 Å². The van der Waals surface area contributed by atoms with E-state index in [9.17, 15) is 4.79 Å². The number of hydrazone groups is 1. The van der Waals surface area contributed by atoms with Crippen LogP contribution in [0.15, 0.2) is 59.0 Å². The van der Waals surface area contributed by atoms with Crippen molar-refractivity contribution in [3.05, 3.63) is 75.7 Å². The van der Waals surface area contributed by atoms with Gasteiger partial charge in [0.15, 0.2) is 0 Å². The molecule has 0 radical (unpaired) electrons. The molecular weight excluding hydrogens is 374 g/mol. The number of benzene rings is 2. The summed E-state index contributed by atoms with van der Waals surface area (Å²) in [4.78, 5) is 16.4. The van der Waals surface area contributed by atoms with Gasteiger partial charge in [-0.3, -0.25) is 4.79 Å². The van der Waals surface area contributed by atoms with E-state index < -0.39 is 0 Å². The third-order valence-electron chi connectivity index (χ3n) is 3.76. The summed E-state index contributed by atoms with van der Waals surface area (Å²) >= 11 is 1.53. The first kappa shape index (κ1) is 19.6. The number of ether oxygens (including phenoxy) is 2. The SMILES string of the molecule is CCOc1ccc(OCc2ccc(C(=O)N/N=C\c3csc(C)n3)cc2)cc1. The van der Waals surface area contributed by atoms with Crippen molar-refractivity contribution >= 4 is 23.5 Å². The molecular formula is C21H21N3O3S. The van der Waals surface area contributed by atoms with Gasteiger partial charge in [-0.1, -0.05) is 12.1 Å². The Morgan fingerprint density at radius 1 is 1.11 bits per heavy atom. The molecule has 0 aliphatic carbocycles. The summed E-state index contributed by atoms with van der Waals surface area (Å²) in [6, 6.07) is 14.7. The molecule has 0 aliphatic rings. The molecule has 7 heteroatoms. The van der Waals surface area contributed by atoms with Crippen LogP contribution in [0.4, 0.5) is 0 Å². The summed E-state index contributed by atoms with van der Waals surface area (Å²) < 4.78 is 11.2.